The maximum Gasteiger partial charge on any atom is 0.0471 e. The second-order valence-electron chi connectivity index (χ2n) is 5.69. The van der Waals surface area contributed by atoms with Gasteiger partial charge in [-0.15, -0.1) is 0 Å². The summed E-state index contributed by atoms with van der Waals surface area (Å²) in [5, 5.41) is 0.785. The van der Waals surface area contributed by atoms with Crippen LogP contribution in [0.15, 0.2) is 18.2 Å². The molecule has 1 heterocycles. The summed E-state index contributed by atoms with van der Waals surface area (Å²) in [6.45, 7) is 8.58. The molecule has 2 rings (SSSR count). The van der Waals surface area contributed by atoms with Crippen molar-refractivity contribution in [3.05, 3.63) is 28.8 Å². The number of nitrogens with zero attached hydrogens (tertiary/aromatic N) is 1. The van der Waals surface area contributed by atoms with Crippen LogP contribution in [0.5, 0.6) is 0 Å². The molecule has 2 N–H and O–H groups in total. The van der Waals surface area contributed by atoms with Crippen LogP contribution in [0, 0.1) is 11.8 Å². The Labute approximate surface area is 115 Å². The van der Waals surface area contributed by atoms with Crippen molar-refractivity contribution in [2.75, 3.05) is 11.4 Å². The summed E-state index contributed by atoms with van der Waals surface area (Å²) < 4.78 is 0. The molecular weight excluding hydrogens is 244 g/mol. The molecule has 1 aromatic carbocycles. The zero-order chi connectivity index (χ0) is 13.3. The van der Waals surface area contributed by atoms with Crippen molar-refractivity contribution in [2.24, 2.45) is 17.6 Å². The summed E-state index contributed by atoms with van der Waals surface area (Å²) >= 11 is 6.26. The summed E-state index contributed by atoms with van der Waals surface area (Å²) in [6.07, 6.45) is 1.31. The number of hydrogen-bond donors (Lipinski definition) is 1. The van der Waals surface area contributed by atoms with E-state index < -0.39 is 0 Å². The highest BCUT2D eigenvalue weighted by Crippen LogP contribution is 2.33. The lowest BCUT2D eigenvalue weighted by Gasteiger charge is -2.42. The predicted molar refractivity (Wildman–Crippen MR) is 79.1 cm³/mol. The molecule has 1 saturated heterocycles. The van der Waals surface area contributed by atoms with E-state index in [1.807, 2.05) is 6.07 Å². The molecule has 1 aromatic rings. The van der Waals surface area contributed by atoms with E-state index in [9.17, 15) is 0 Å². The average Bonchev–Trinajstić information content (AvgIpc) is 2.33. The van der Waals surface area contributed by atoms with Crippen LogP contribution >= 0.6 is 11.6 Å². The van der Waals surface area contributed by atoms with Crippen molar-refractivity contribution in [1.82, 2.24) is 0 Å². The molecule has 3 atom stereocenters. The summed E-state index contributed by atoms with van der Waals surface area (Å²) in [4.78, 5) is 2.48. The van der Waals surface area contributed by atoms with Crippen molar-refractivity contribution < 1.29 is 0 Å². The number of hydrogen-bond acceptors (Lipinski definition) is 2. The fourth-order valence-corrected chi connectivity index (χ4v) is 3.19. The standard InChI is InChI=1S/C15H23ClN2/c1-10-6-11(2)12(3)18(9-10)14-5-4-13(8-17)15(16)7-14/h4-5,7,10-12H,6,8-9,17H2,1-3H3. The molecule has 0 aliphatic carbocycles. The smallest absolute Gasteiger partial charge is 0.0471 e. The molecule has 0 radical (unpaired) electrons. The topological polar surface area (TPSA) is 29.3 Å². The first-order valence-corrected chi connectivity index (χ1v) is 7.15. The maximum absolute atomic E-state index is 6.26. The van der Waals surface area contributed by atoms with Gasteiger partial charge in [-0.25, -0.2) is 0 Å². The summed E-state index contributed by atoms with van der Waals surface area (Å²) in [7, 11) is 0. The average molecular weight is 267 g/mol. The van der Waals surface area contributed by atoms with Crippen LogP contribution in [0.3, 0.4) is 0 Å². The van der Waals surface area contributed by atoms with Gasteiger partial charge in [-0.2, -0.15) is 0 Å². The summed E-state index contributed by atoms with van der Waals surface area (Å²) in [5.41, 5.74) is 7.90. The quantitative estimate of drug-likeness (QED) is 0.885. The molecule has 3 heteroatoms. The van der Waals surface area contributed by atoms with Crippen LogP contribution < -0.4 is 10.6 Å². The van der Waals surface area contributed by atoms with Gasteiger partial charge in [0.05, 0.1) is 0 Å². The Hall–Kier alpha value is -0.730. The van der Waals surface area contributed by atoms with Gasteiger partial charge in [0.25, 0.3) is 0 Å². The van der Waals surface area contributed by atoms with Crippen LogP contribution in [-0.2, 0) is 6.54 Å². The molecular formula is C15H23ClN2. The number of halogens is 1. The normalized spacial score (nSPS) is 28.5. The number of benzene rings is 1. The van der Waals surface area contributed by atoms with Crippen molar-refractivity contribution in [3.8, 4) is 0 Å². The second-order valence-corrected chi connectivity index (χ2v) is 6.10. The third-order valence-electron chi connectivity index (χ3n) is 4.19. The Morgan fingerprint density at radius 1 is 1.33 bits per heavy atom. The number of nitrogens with two attached hydrogens (primary N) is 1. The van der Waals surface area contributed by atoms with Gasteiger partial charge < -0.3 is 10.6 Å². The largest absolute Gasteiger partial charge is 0.368 e. The van der Waals surface area contributed by atoms with E-state index in [1.165, 1.54) is 12.1 Å². The van der Waals surface area contributed by atoms with Gasteiger partial charge in [0.2, 0.25) is 0 Å². The van der Waals surface area contributed by atoms with Gasteiger partial charge in [0.15, 0.2) is 0 Å². The molecule has 2 nitrogen and oxygen atoms in total. The number of rotatable bonds is 2. The maximum atomic E-state index is 6.26. The van der Waals surface area contributed by atoms with Gasteiger partial charge >= 0.3 is 0 Å². The molecule has 3 unspecified atom stereocenters. The van der Waals surface area contributed by atoms with Crippen molar-refractivity contribution in [2.45, 2.75) is 39.8 Å². The summed E-state index contributed by atoms with van der Waals surface area (Å²) in [6, 6.07) is 6.83. The van der Waals surface area contributed by atoms with Gasteiger partial charge in [0, 0.05) is 29.8 Å². The molecule has 0 spiro atoms. The highest BCUT2D eigenvalue weighted by atomic mass is 35.5. The Bertz CT molecular complexity index is 419. The zero-order valence-corrected chi connectivity index (χ0v) is 12.2. The van der Waals surface area contributed by atoms with Gasteiger partial charge in [-0.3, -0.25) is 0 Å². The highest BCUT2D eigenvalue weighted by molar-refractivity contribution is 6.31. The molecule has 0 amide bonds. The van der Waals surface area contributed by atoms with E-state index >= 15 is 0 Å². The fraction of sp³-hybridized carbons (Fsp3) is 0.600. The Balaban J connectivity index is 2.27. The zero-order valence-electron chi connectivity index (χ0n) is 11.5. The molecule has 100 valence electrons. The monoisotopic (exact) mass is 266 g/mol. The predicted octanol–water partition coefficient (Wildman–Crippen LogP) is 3.67. The van der Waals surface area contributed by atoms with E-state index in [4.69, 9.17) is 17.3 Å². The van der Waals surface area contributed by atoms with Gasteiger partial charge in [-0.1, -0.05) is 31.5 Å². The molecule has 0 saturated carbocycles. The lowest BCUT2D eigenvalue weighted by Crippen LogP contribution is -2.45. The van der Waals surface area contributed by atoms with Crippen LogP contribution in [-0.4, -0.2) is 12.6 Å². The second kappa shape index (κ2) is 5.50. The molecule has 1 fully saturated rings. The Kier molecular flexibility index (Phi) is 4.18. The Morgan fingerprint density at radius 3 is 2.67 bits per heavy atom. The van der Waals surface area contributed by atoms with Crippen LogP contribution in [0.1, 0.15) is 32.8 Å². The minimum Gasteiger partial charge on any atom is -0.368 e. The molecule has 0 aromatic heterocycles. The third-order valence-corrected chi connectivity index (χ3v) is 4.54. The lowest BCUT2D eigenvalue weighted by molar-refractivity contribution is 0.297. The SMILES string of the molecule is CC1CC(C)C(C)N(c2ccc(CN)c(Cl)c2)C1. The number of anilines is 1. The third kappa shape index (κ3) is 2.65. The van der Waals surface area contributed by atoms with E-state index in [1.54, 1.807) is 0 Å². The number of piperidine rings is 1. The van der Waals surface area contributed by atoms with Crippen molar-refractivity contribution in [1.29, 1.82) is 0 Å². The molecule has 1 aliphatic rings. The molecule has 18 heavy (non-hydrogen) atoms. The van der Waals surface area contributed by atoms with E-state index in [-0.39, 0.29) is 0 Å². The first-order valence-electron chi connectivity index (χ1n) is 6.78. The van der Waals surface area contributed by atoms with E-state index in [0.29, 0.717) is 12.6 Å². The first-order chi connectivity index (χ1) is 8.52. The molecule has 0 bridgehead atoms. The highest BCUT2D eigenvalue weighted by Gasteiger charge is 2.28. The minimum atomic E-state index is 0.501. The van der Waals surface area contributed by atoms with Crippen LogP contribution in [0.4, 0.5) is 5.69 Å². The van der Waals surface area contributed by atoms with Crippen molar-refractivity contribution in [3.63, 3.8) is 0 Å². The lowest BCUT2D eigenvalue weighted by atomic mass is 9.85. The van der Waals surface area contributed by atoms with Crippen LogP contribution in [0.2, 0.25) is 5.02 Å². The van der Waals surface area contributed by atoms with E-state index in [2.05, 4.69) is 37.8 Å². The van der Waals surface area contributed by atoms with E-state index in [0.717, 1.165) is 29.0 Å². The van der Waals surface area contributed by atoms with Crippen LogP contribution in [0.25, 0.3) is 0 Å². The Morgan fingerprint density at radius 2 is 2.06 bits per heavy atom. The first kappa shape index (κ1) is 13.7. The van der Waals surface area contributed by atoms with Gasteiger partial charge in [-0.05, 0) is 42.9 Å². The summed E-state index contributed by atoms with van der Waals surface area (Å²) in [5.74, 6) is 1.46. The molecule has 1 aliphatic heterocycles. The van der Waals surface area contributed by atoms with Crippen molar-refractivity contribution >= 4 is 17.3 Å². The fourth-order valence-electron chi connectivity index (χ4n) is 2.94. The minimum absolute atomic E-state index is 0.501. The van der Waals surface area contributed by atoms with Gasteiger partial charge in [0.1, 0.15) is 0 Å².